The molecule has 0 amide bonds. The van der Waals surface area contributed by atoms with Crippen molar-refractivity contribution in [2.75, 3.05) is 0 Å². The predicted molar refractivity (Wildman–Crippen MR) is 123 cm³/mol. The molecule has 0 unspecified atom stereocenters. The molecule has 4 aromatic carbocycles. The smallest absolute Gasteiger partial charge is 0.246 e. The van der Waals surface area contributed by atoms with Crippen molar-refractivity contribution < 1.29 is 4.42 Å². The van der Waals surface area contributed by atoms with Crippen molar-refractivity contribution in [3.63, 3.8) is 0 Å². The fraction of sp³-hybridized carbons (Fsp3) is 0. The number of rotatable bonds is 2. The second-order valence-electron chi connectivity index (χ2n) is 7.24. The summed E-state index contributed by atoms with van der Waals surface area (Å²) >= 11 is 6.16. The number of fused-ring (bicyclic) bond motifs is 5. The Morgan fingerprint density at radius 1 is 0.767 bits per heavy atom. The van der Waals surface area contributed by atoms with Gasteiger partial charge in [-0.1, -0.05) is 78.3 Å². The van der Waals surface area contributed by atoms with Crippen LogP contribution in [0.2, 0.25) is 5.02 Å². The van der Waals surface area contributed by atoms with E-state index in [0.29, 0.717) is 10.7 Å². The number of nitrogens with zero attached hydrogens (tertiary/aromatic N) is 2. The van der Waals surface area contributed by atoms with Crippen LogP contribution in [-0.4, -0.2) is 9.97 Å². The van der Waals surface area contributed by atoms with Gasteiger partial charge in [0.05, 0.1) is 17.3 Å². The van der Waals surface area contributed by atoms with Gasteiger partial charge >= 0.3 is 0 Å². The van der Waals surface area contributed by atoms with E-state index in [1.165, 1.54) is 0 Å². The molecular weight excluding hydrogens is 392 g/mol. The van der Waals surface area contributed by atoms with E-state index >= 15 is 0 Å². The van der Waals surface area contributed by atoms with Crippen LogP contribution in [0.5, 0.6) is 0 Å². The van der Waals surface area contributed by atoms with Crippen LogP contribution in [-0.2, 0) is 0 Å². The Hall–Kier alpha value is -3.69. The number of halogens is 1. The highest BCUT2D eigenvalue weighted by Crippen LogP contribution is 2.40. The number of benzene rings is 4. The van der Waals surface area contributed by atoms with Crippen LogP contribution in [0.15, 0.2) is 95.5 Å². The molecule has 0 N–H and O–H groups in total. The summed E-state index contributed by atoms with van der Waals surface area (Å²) in [5.74, 6) is 0. The third-order valence-corrected chi connectivity index (χ3v) is 5.62. The minimum Gasteiger partial charge on any atom is -0.436 e. The van der Waals surface area contributed by atoms with Crippen LogP contribution < -0.4 is 0 Å². The predicted octanol–water partition coefficient (Wildman–Crippen LogP) is 7.52. The summed E-state index contributed by atoms with van der Waals surface area (Å²) in [5.41, 5.74) is 5.87. The lowest BCUT2D eigenvalue weighted by molar-refractivity contribution is 0.655. The van der Waals surface area contributed by atoms with Gasteiger partial charge in [0.25, 0.3) is 0 Å². The van der Waals surface area contributed by atoms with Crippen LogP contribution in [0.3, 0.4) is 0 Å². The molecule has 30 heavy (non-hydrogen) atoms. The van der Waals surface area contributed by atoms with Crippen molar-refractivity contribution in [3.8, 4) is 22.4 Å². The fourth-order valence-corrected chi connectivity index (χ4v) is 4.19. The second kappa shape index (κ2) is 6.68. The molecule has 3 nitrogen and oxygen atoms in total. The topological polar surface area (TPSA) is 38.9 Å². The lowest BCUT2D eigenvalue weighted by Gasteiger charge is -2.06. The van der Waals surface area contributed by atoms with Gasteiger partial charge in [-0.05, 0) is 34.5 Å². The first-order chi connectivity index (χ1) is 14.8. The van der Waals surface area contributed by atoms with E-state index in [4.69, 9.17) is 26.0 Å². The maximum atomic E-state index is 6.33. The van der Waals surface area contributed by atoms with Gasteiger partial charge in [0.1, 0.15) is 11.1 Å². The molecule has 0 saturated heterocycles. The average molecular weight is 407 g/mol. The summed E-state index contributed by atoms with van der Waals surface area (Å²) in [7, 11) is 0. The highest BCUT2D eigenvalue weighted by molar-refractivity contribution is 6.30. The largest absolute Gasteiger partial charge is 0.436 e. The summed E-state index contributed by atoms with van der Waals surface area (Å²) in [5, 5.41) is 3.91. The quantitative estimate of drug-likeness (QED) is 0.298. The fourth-order valence-electron chi connectivity index (χ4n) is 4.00. The van der Waals surface area contributed by atoms with Crippen molar-refractivity contribution in [3.05, 3.63) is 96.1 Å². The summed E-state index contributed by atoms with van der Waals surface area (Å²) in [6.07, 6.45) is 1.78. The first-order valence-electron chi connectivity index (χ1n) is 9.70. The average Bonchev–Trinajstić information content (AvgIpc) is 3.18. The van der Waals surface area contributed by atoms with Crippen molar-refractivity contribution in [2.45, 2.75) is 0 Å². The van der Waals surface area contributed by atoms with E-state index in [2.05, 4.69) is 30.3 Å². The molecule has 0 atom stereocenters. The summed E-state index contributed by atoms with van der Waals surface area (Å²) in [6, 6.07) is 28.4. The van der Waals surface area contributed by atoms with Gasteiger partial charge < -0.3 is 4.42 Å². The molecule has 4 heteroatoms. The van der Waals surface area contributed by atoms with Gasteiger partial charge in [-0.15, -0.1) is 0 Å². The monoisotopic (exact) mass is 406 g/mol. The maximum absolute atomic E-state index is 6.33. The molecule has 0 bridgehead atoms. The normalized spacial score (nSPS) is 11.5. The Labute approximate surface area is 177 Å². The highest BCUT2D eigenvalue weighted by Gasteiger charge is 2.18. The second-order valence-corrected chi connectivity index (χ2v) is 7.67. The molecule has 6 aromatic rings. The first-order valence-corrected chi connectivity index (χ1v) is 10.1. The number of aromatic nitrogens is 2. The molecule has 0 spiro atoms. The zero-order chi connectivity index (χ0) is 20.1. The van der Waals surface area contributed by atoms with Crippen molar-refractivity contribution in [1.29, 1.82) is 0 Å². The van der Waals surface area contributed by atoms with Crippen molar-refractivity contribution in [1.82, 2.24) is 9.97 Å². The molecule has 2 aromatic heterocycles. The van der Waals surface area contributed by atoms with E-state index in [9.17, 15) is 0 Å². The van der Waals surface area contributed by atoms with Gasteiger partial charge in [-0.25, -0.2) is 9.97 Å². The molecule has 0 radical (unpaired) electrons. The van der Waals surface area contributed by atoms with E-state index in [0.717, 1.165) is 49.6 Å². The molecule has 0 aliphatic rings. The molecule has 142 valence electrons. The lowest BCUT2D eigenvalue weighted by Crippen LogP contribution is -1.86. The van der Waals surface area contributed by atoms with Crippen LogP contribution in [0.25, 0.3) is 55.4 Å². The van der Waals surface area contributed by atoms with Crippen molar-refractivity contribution >= 4 is 44.6 Å². The minimum absolute atomic E-state index is 0.524. The number of hydrogen-bond acceptors (Lipinski definition) is 3. The highest BCUT2D eigenvalue weighted by atomic mass is 35.5. The zero-order valence-electron chi connectivity index (χ0n) is 15.8. The molecule has 6 rings (SSSR count). The van der Waals surface area contributed by atoms with Crippen LogP contribution in [0.1, 0.15) is 0 Å². The third kappa shape index (κ3) is 2.67. The van der Waals surface area contributed by atoms with E-state index in [-0.39, 0.29) is 0 Å². The van der Waals surface area contributed by atoms with Gasteiger partial charge in [0, 0.05) is 16.1 Å². The molecule has 0 aliphatic carbocycles. The third-order valence-electron chi connectivity index (χ3n) is 5.38. The Kier molecular flexibility index (Phi) is 3.83. The number of hydrogen-bond donors (Lipinski definition) is 0. The Bertz CT molecular complexity index is 1550. The first kappa shape index (κ1) is 17.2. The van der Waals surface area contributed by atoms with Gasteiger partial charge in [0.2, 0.25) is 5.71 Å². The lowest BCUT2D eigenvalue weighted by atomic mass is 9.97. The Morgan fingerprint density at radius 3 is 2.43 bits per heavy atom. The molecule has 0 fully saturated rings. The van der Waals surface area contributed by atoms with Gasteiger partial charge in [-0.3, -0.25) is 0 Å². The van der Waals surface area contributed by atoms with Crippen LogP contribution >= 0.6 is 11.6 Å². The SMILES string of the molecule is Clc1cccc(-c2cnc3c(n2)oc2c(-c4ccccc4)cc4ccccc4c23)c1. The summed E-state index contributed by atoms with van der Waals surface area (Å²) < 4.78 is 6.33. The Balaban J connectivity index is 1.70. The van der Waals surface area contributed by atoms with Crippen molar-refractivity contribution in [2.24, 2.45) is 0 Å². The molecule has 0 saturated carbocycles. The molecule has 2 heterocycles. The van der Waals surface area contributed by atoms with Crippen LogP contribution in [0, 0.1) is 0 Å². The summed E-state index contributed by atoms with van der Waals surface area (Å²) in [4.78, 5) is 9.54. The number of furan rings is 1. The Morgan fingerprint density at radius 2 is 1.57 bits per heavy atom. The molecule has 0 aliphatic heterocycles. The molecular formula is C26H15ClN2O. The van der Waals surface area contributed by atoms with E-state index in [1.54, 1.807) is 6.20 Å². The minimum atomic E-state index is 0.524. The van der Waals surface area contributed by atoms with E-state index < -0.39 is 0 Å². The summed E-state index contributed by atoms with van der Waals surface area (Å²) in [6.45, 7) is 0. The standard InChI is InChI=1S/C26H15ClN2O/c27-19-11-6-10-18(13-19)22-15-28-24-23-20-12-5-4-9-17(20)14-21(16-7-2-1-3-8-16)25(23)30-26(24)29-22/h1-15H. The maximum Gasteiger partial charge on any atom is 0.246 e. The van der Waals surface area contributed by atoms with E-state index in [1.807, 2.05) is 54.6 Å². The zero-order valence-corrected chi connectivity index (χ0v) is 16.6. The van der Waals surface area contributed by atoms with Crippen LogP contribution in [0.4, 0.5) is 0 Å². The van der Waals surface area contributed by atoms with Gasteiger partial charge in [-0.2, -0.15) is 0 Å². The van der Waals surface area contributed by atoms with Gasteiger partial charge in [0.15, 0.2) is 0 Å².